The molecule has 0 saturated carbocycles. The molecule has 0 fully saturated rings. The van der Waals surface area contributed by atoms with Gasteiger partial charge in [0.1, 0.15) is 5.01 Å². The molecule has 0 atom stereocenters. The molecular formula is C10H10BrN3S. The monoisotopic (exact) mass is 283 g/mol. The summed E-state index contributed by atoms with van der Waals surface area (Å²) in [6.45, 7) is 0.712. The summed E-state index contributed by atoms with van der Waals surface area (Å²) in [5, 5.41) is 6.26. The number of hydrogen-bond acceptors (Lipinski definition) is 4. The molecule has 2 rings (SSSR count). The van der Waals surface area contributed by atoms with E-state index in [2.05, 4.69) is 26.2 Å². The Kier molecular flexibility index (Phi) is 3.23. The van der Waals surface area contributed by atoms with Gasteiger partial charge in [-0.1, -0.05) is 15.9 Å². The van der Waals surface area contributed by atoms with Crippen molar-refractivity contribution in [1.82, 2.24) is 4.98 Å². The normalized spacial score (nSPS) is 10.2. The number of thiazole rings is 1. The molecular weight excluding hydrogens is 274 g/mol. The van der Waals surface area contributed by atoms with E-state index in [0.717, 1.165) is 20.9 Å². The van der Waals surface area contributed by atoms with E-state index in [-0.39, 0.29) is 0 Å². The van der Waals surface area contributed by atoms with Crippen molar-refractivity contribution in [2.45, 2.75) is 6.54 Å². The van der Waals surface area contributed by atoms with E-state index in [1.165, 1.54) is 0 Å². The number of nitrogens with zero attached hydrogens (tertiary/aromatic N) is 1. The summed E-state index contributed by atoms with van der Waals surface area (Å²) in [4.78, 5) is 4.18. The van der Waals surface area contributed by atoms with E-state index in [0.29, 0.717) is 6.54 Å². The van der Waals surface area contributed by atoms with Crippen molar-refractivity contribution in [3.63, 3.8) is 0 Å². The van der Waals surface area contributed by atoms with Crippen molar-refractivity contribution < 1.29 is 0 Å². The van der Waals surface area contributed by atoms with Crippen LogP contribution in [-0.2, 0) is 6.54 Å². The van der Waals surface area contributed by atoms with E-state index in [1.54, 1.807) is 17.5 Å². The maximum Gasteiger partial charge on any atom is 0.112 e. The van der Waals surface area contributed by atoms with Gasteiger partial charge in [-0.05, 0) is 18.2 Å². The first-order chi connectivity index (χ1) is 7.25. The van der Waals surface area contributed by atoms with Gasteiger partial charge in [0.25, 0.3) is 0 Å². The first-order valence-electron chi connectivity index (χ1n) is 4.43. The van der Waals surface area contributed by atoms with Crippen LogP contribution in [0.4, 0.5) is 11.4 Å². The molecule has 0 bridgehead atoms. The van der Waals surface area contributed by atoms with Gasteiger partial charge in [0, 0.05) is 16.0 Å². The van der Waals surface area contributed by atoms with Crippen molar-refractivity contribution in [1.29, 1.82) is 0 Å². The van der Waals surface area contributed by atoms with Crippen LogP contribution in [0.3, 0.4) is 0 Å². The summed E-state index contributed by atoms with van der Waals surface area (Å²) in [5.74, 6) is 0. The molecule has 1 aromatic carbocycles. The summed E-state index contributed by atoms with van der Waals surface area (Å²) in [6, 6.07) is 5.79. The number of aromatic nitrogens is 1. The SMILES string of the molecule is Nc1cc(Br)ccc1NCc1nccs1. The van der Waals surface area contributed by atoms with E-state index in [1.807, 2.05) is 23.6 Å². The highest BCUT2D eigenvalue weighted by Crippen LogP contribution is 2.23. The van der Waals surface area contributed by atoms with Crippen LogP contribution in [0.15, 0.2) is 34.2 Å². The van der Waals surface area contributed by atoms with Crippen LogP contribution in [0.1, 0.15) is 5.01 Å². The van der Waals surface area contributed by atoms with Gasteiger partial charge in [-0.3, -0.25) is 0 Å². The number of benzene rings is 1. The van der Waals surface area contributed by atoms with Gasteiger partial charge in [0.05, 0.1) is 17.9 Å². The minimum absolute atomic E-state index is 0.712. The molecule has 5 heteroatoms. The number of hydrogen-bond donors (Lipinski definition) is 2. The Balaban J connectivity index is 2.05. The number of rotatable bonds is 3. The molecule has 0 amide bonds. The zero-order valence-electron chi connectivity index (χ0n) is 7.90. The molecule has 0 aliphatic carbocycles. The van der Waals surface area contributed by atoms with Crippen LogP contribution < -0.4 is 11.1 Å². The second kappa shape index (κ2) is 4.63. The standard InChI is InChI=1S/C10H10BrN3S/c11-7-1-2-9(8(12)5-7)14-6-10-13-3-4-15-10/h1-5,14H,6,12H2. The third-order valence-corrected chi connectivity index (χ3v) is 3.20. The molecule has 3 nitrogen and oxygen atoms in total. The molecule has 0 aliphatic heterocycles. The van der Waals surface area contributed by atoms with Crippen molar-refractivity contribution in [2.24, 2.45) is 0 Å². The van der Waals surface area contributed by atoms with E-state index in [4.69, 9.17) is 5.73 Å². The lowest BCUT2D eigenvalue weighted by atomic mass is 10.3. The molecule has 1 heterocycles. The van der Waals surface area contributed by atoms with E-state index in [9.17, 15) is 0 Å². The Hall–Kier alpha value is -1.07. The van der Waals surface area contributed by atoms with Crippen LogP contribution in [0, 0.1) is 0 Å². The Labute approximate surface area is 100 Å². The van der Waals surface area contributed by atoms with Crippen molar-refractivity contribution in [3.05, 3.63) is 39.3 Å². The summed E-state index contributed by atoms with van der Waals surface area (Å²) in [6.07, 6.45) is 1.80. The van der Waals surface area contributed by atoms with E-state index >= 15 is 0 Å². The quantitative estimate of drug-likeness (QED) is 0.851. The molecule has 78 valence electrons. The molecule has 15 heavy (non-hydrogen) atoms. The fraction of sp³-hybridized carbons (Fsp3) is 0.100. The molecule has 3 N–H and O–H groups in total. The summed E-state index contributed by atoms with van der Waals surface area (Å²) in [5.41, 5.74) is 7.53. The zero-order valence-corrected chi connectivity index (χ0v) is 10.3. The Bertz CT molecular complexity index is 442. The third-order valence-electron chi connectivity index (χ3n) is 1.93. The number of anilines is 2. The van der Waals surface area contributed by atoms with Gasteiger partial charge in [0.15, 0.2) is 0 Å². The van der Waals surface area contributed by atoms with Crippen LogP contribution in [0.5, 0.6) is 0 Å². The fourth-order valence-corrected chi connectivity index (χ4v) is 2.14. The number of nitrogens with one attached hydrogen (secondary N) is 1. The molecule has 1 aromatic heterocycles. The maximum absolute atomic E-state index is 5.85. The molecule has 2 aromatic rings. The van der Waals surface area contributed by atoms with Crippen molar-refractivity contribution in [2.75, 3.05) is 11.1 Å². The van der Waals surface area contributed by atoms with Gasteiger partial charge >= 0.3 is 0 Å². The predicted molar refractivity (Wildman–Crippen MR) is 68.0 cm³/mol. The zero-order chi connectivity index (χ0) is 10.7. The molecule has 0 spiro atoms. The number of nitrogen functional groups attached to an aromatic ring is 1. The van der Waals surface area contributed by atoms with Gasteiger partial charge in [0.2, 0.25) is 0 Å². The van der Waals surface area contributed by atoms with Crippen LogP contribution in [0.25, 0.3) is 0 Å². The second-order valence-electron chi connectivity index (χ2n) is 3.01. The third kappa shape index (κ3) is 2.70. The summed E-state index contributed by atoms with van der Waals surface area (Å²) < 4.78 is 0.986. The van der Waals surface area contributed by atoms with Gasteiger partial charge in [-0.2, -0.15) is 0 Å². The van der Waals surface area contributed by atoms with Crippen LogP contribution in [-0.4, -0.2) is 4.98 Å². The minimum atomic E-state index is 0.712. The van der Waals surface area contributed by atoms with Gasteiger partial charge < -0.3 is 11.1 Å². The topological polar surface area (TPSA) is 50.9 Å². The molecule has 0 aliphatic rings. The first kappa shape index (κ1) is 10.4. The highest BCUT2D eigenvalue weighted by atomic mass is 79.9. The lowest BCUT2D eigenvalue weighted by Gasteiger charge is -2.07. The maximum atomic E-state index is 5.85. The number of halogens is 1. The van der Waals surface area contributed by atoms with Crippen LogP contribution in [0.2, 0.25) is 0 Å². The molecule has 0 radical (unpaired) electrons. The smallest absolute Gasteiger partial charge is 0.112 e. The van der Waals surface area contributed by atoms with Crippen LogP contribution >= 0.6 is 27.3 Å². The lowest BCUT2D eigenvalue weighted by molar-refractivity contribution is 1.10. The largest absolute Gasteiger partial charge is 0.397 e. The predicted octanol–water partition coefficient (Wildman–Crippen LogP) is 3.10. The average molecular weight is 284 g/mol. The van der Waals surface area contributed by atoms with Gasteiger partial charge in [-0.25, -0.2) is 4.98 Å². The van der Waals surface area contributed by atoms with E-state index < -0.39 is 0 Å². The second-order valence-corrected chi connectivity index (χ2v) is 4.91. The Morgan fingerprint density at radius 2 is 2.33 bits per heavy atom. The highest BCUT2D eigenvalue weighted by Gasteiger charge is 2.00. The van der Waals surface area contributed by atoms with Crippen molar-refractivity contribution in [3.8, 4) is 0 Å². The molecule has 0 unspecified atom stereocenters. The summed E-state index contributed by atoms with van der Waals surface area (Å²) >= 11 is 5.00. The summed E-state index contributed by atoms with van der Waals surface area (Å²) in [7, 11) is 0. The van der Waals surface area contributed by atoms with Gasteiger partial charge in [-0.15, -0.1) is 11.3 Å². The fourth-order valence-electron chi connectivity index (χ4n) is 1.21. The lowest BCUT2D eigenvalue weighted by Crippen LogP contribution is -2.01. The Morgan fingerprint density at radius 1 is 1.47 bits per heavy atom. The van der Waals surface area contributed by atoms with Crippen molar-refractivity contribution >= 4 is 38.6 Å². The number of nitrogens with two attached hydrogens (primary N) is 1. The Morgan fingerprint density at radius 3 is 3.00 bits per heavy atom. The molecule has 0 saturated heterocycles. The average Bonchev–Trinajstić information content (AvgIpc) is 2.69. The minimum Gasteiger partial charge on any atom is -0.397 e. The first-order valence-corrected chi connectivity index (χ1v) is 6.10. The highest BCUT2D eigenvalue weighted by molar-refractivity contribution is 9.10.